The van der Waals surface area contributed by atoms with Crippen LogP contribution in [0.2, 0.25) is 0 Å². The van der Waals surface area contributed by atoms with Crippen LogP contribution in [0.3, 0.4) is 0 Å². The second kappa shape index (κ2) is 11.3. The van der Waals surface area contributed by atoms with Crippen LogP contribution in [0.4, 0.5) is 0 Å². The van der Waals surface area contributed by atoms with Gasteiger partial charge in [0.05, 0.1) is 30.3 Å². The number of halogens is 1. The van der Waals surface area contributed by atoms with Gasteiger partial charge in [-0.2, -0.15) is 9.78 Å². The van der Waals surface area contributed by atoms with Gasteiger partial charge in [0.25, 0.3) is 11.5 Å². The van der Waals surface area contributed by atoms with Crippen LogP contribution in [-0.2, 0) is 9.53 Å². The number of amides is 1. The van der Waals surface area contributed by atoms with Gasteiger partial charge in [-0.1, -0.05) is 47.3 Å². The Balaban J connectivity index is 1.45. The Bertz CT molecular complexity index is 1330. The van der Waals surface area contributed by atoms with Crippen LogP contribution in [0.15, 0.2) is 56.8 Å². The summed E-state index contributed by atoms with van der Waals surface area (Å²) in [6, 6.07) is 12.9. The fourth-order valence-corrected chi connectivity index (χ4v) is 5.15. The van der Waals surface area contributed by atoms with Crippen molar-refractivity contribution >= 4 is 39.0 Å². The van der Waals surface area contributed by atoms with Crippen molar-refractivity contribution in [3.63, 3.8) is 0 Å². The number of hydrogen-bond donors (Lipinski definition) is 0. The predicted molar refractivity (Wildman–Crippen MR) is 142 cm³/mol. The summed E-state index contributed by atoms with van der Waals surface area (Å²) in [5.41, 5.74) is 1.17. The molecule has 2 aromatic carbocycles. The first-order chi connectivity index (χ1) is 17.6. The number of carbonyl (C=O) groups is 1. The lowest BCUT2D eigenvalue weighted by Crippen LogP contribution is -2.43. The van der Waals surface area contributed by atoms with Crippen LogP contribution in [0.25, 0.3) is 10.9 Å². The molecule has 0 N–H and O–H groups in total. The van der Waals surface area contributed by atoms with Gasteiger partial charge in [-0.3, -0.25) is 9.59 Å². The Hall–Kier alpha value is -3.04. The fourth-order valence-electron chi connectivity index (χ4n) is 4.78. The molecule has 0 bridgehead atoms. The first-order valence-corrected chi connectivity index (χ1v) is 13.2. The Kier molecular flexibility index (Phi) is 7.77. The smallest absolute Gasteiger partial charge is 0.282 e. The van der Waals surface area contributed by atoms with Gasteiger partial charge in [0.15, 0.2) is 6.61 Å². The lowest BCUT2D eigenvalue weighted by Gasteiger charge is -2.26. The highest BCUT2D eigenvalue weighted by Crippen LogP contribution is 2.32. The van der Waals surface area contributed by atoms with Crippen molar-refractivity contribution in [1.82, 2.24) is 14.6 Å². The molecule has 2 fully saturated rings. The summed E-state index contributed by atoms with van der Waals surface area (Å²) in [4.78, 5) is 32.7. The van der Waals surface area contributed by atoms with Gasteiger partial charge in [0.1, 0.15) is 11.6 Å². The third kappa shape index (κ3) is 5.52. The Morgan fingerprint density at radius 1 is 1.14 bits per heavy atom. The molecular formula is C27H29BrN4O4. The van der Waals surface area contributed by atoms with Crippen LogP contribution < -0.4 is 10.3 Å². The van der Waals surface area contributed by atoms with E-state index in [9.17, 15) is 9.59 Å². The van der Waals surface area contributed by atoms with E-state index in [1.807, 2.05) is 30.3 Å². The topological polar surface area (TPSA) is 86.0 Å². The second-order valence-electron chi connectivity index (χ2n) is 9.15. The Labute approximate surface area is 218 Å². The average Bonchev–Trinajstić information content (AvgIpc) is 2.93. The summed E-state index contributed by atoms with van der Waals surface area (Å²) in [5.74, 6) is 1.35. The lowest BCUT2D eigenvalue weighted by molar-refractivity contribution is -0.137. The molecule has 36 heavy (non-hydrogen) atoms. The number of morpholine rings is 1. The zero-order chi connectivity index (χ0) is 24.9. The van der Waals surface area contributed by atoms with Gasteiger partial charge in [0.2, 0.25) is 0 Å². The van der Waals surface area contributed by atoms with Gasteiger partial charge < -0.3 is 14.4 Å². The van der Waals surface area contributed by atoms with Crippen LogP contribution in [-0.4, -0.2) is 59.6 Å². The SMILES string of the molecule is O=C(COc1ccccc1C=Nn1c(C2CCCCC2)nc2ccc(Br)cc2c1=O)N1CCOCC1. The highest BCUT2D eigenvalue weighted by molar-refractivity contribution is 9.10. The number of nitrogens with zero attached hydrogens (tertiary/aromatic N) is 4. The molecule has 1 saturated heterocycles. The molecule has 0 radical (unpaired) electrons. The zero-order valence-corrected chi connectivity index (χ0v) is 21.7. The molecule has 3 aromatic rings. The van der Waals surface area contributed by atoms with Gasteiger partial charge in [-0.25, -0.2) is 4.98 Å². The van der Waals surface area contributed by atoms with Gasteiger partial charge in [0, 0.05) is 29.0 Å². The van der Waals surface area contributed by atoms with E-state index >= 15 is 0 Å². The summed E-state index contributed by atoms with van der Waals surface area (Å²) in [6.45, 7) is 2.17. The molecule has 5 rings (SSSR count). The summed E-state index contributed by atoms with van der Waals surface area (Å²) in [5, 5.41) is 5.13. The second-order valence-corrected chi connectivity index (χ2v) is 10.1. The van der Waals surface area contributed by atoms with E-state index in [0.717, 1.165) is 30.2 Å². The molecule has 1 amide bonds. The zero-order valence-electron chi connectivity index (χ0n) is 20.1. The fraction of sp³-hybridized carbons (Fsp3) is 0.407. The van der Waals surface area contributed by atoms with Crippen LogP contribution in [0.1, 0.15) is 49.4 Å². The molecule has 0 unspecified atom stereocenters. The summed E-state index contributed by atoms with van der Waals surface area (Å²) < 4.78 is 13.4. The molecule has 1 aliphatic heterocycles. The molecule has 2 aliphatic rings. The van der Waals surface area contributed by atoms with Crippen LogP contribution >= 0.6 is 15.9 Å². The van der Waals surface area contributed by atoms with Crippen molar-refractivity contribution in [3.8, 4) is 5.75 Å². The highest BCUT2D eigenvalue weighted by Gasteiger charge is 2.23. The normalized spacial score (nSPS) is 17.1. The number of benzene rings is 2. The minimum absolute atomic E-state index is 0.0658. The van der Waals surface area contributed by atoms with Gasteiger partial charge >= 0.3 is 0 Å². The minimum atomic E-state index is -0.195. The molecule has 188 valence electrons. The average molecular weight is 553 g/mol. The minimum Gasteiger partial charge on any atom is -0.483 e. The van der Waals surface area contributed by atoms with E-state index in [-0.39, 0.29) is 24.0 Å². The number of fused-ring (bicyclic) bond motifs is 1. The summed E-state index contributed by atoms with van der Waals surface area (Å²) in [7, 11) is 0. The molecule has 0 atom stereocenters. The number of rotatable bonds is 6. The lowest BCUT2D eigenvalue weighted by atomic mass is 9.88. The molecule has 2 heterocycles. The van der Waals surface area contributed by atoms with E-state index in [0.29, 0.717) is 54.3 Å². The van der Waals surface area contributed by atoms with Crippen molar-refractivity contribution in [3.05, 3.63) is 68.7 Å². The largest absolute Gasteiger partial charge is 0.483 e. The van der Waals surface area contributed by atoms with E-state index in [1.165, 1.54) is 11.1 Å². The van der Waals surface area contributed by atoms with Gasteiger partial charge in [-0.15, -0.1) is 0 Å². The maximum atomic E-state index is 13.5. The maximum Gasteiger partial charge on any atom is 0.282 e. The molecule has 1 saturated carbocycles. The predicted octanol–water partition coefficient (Wildman–Crippen LogP) is 4.33. The number of ether oxygens (including phenoxy) is 2. The van der Waals surface area contributed by atoms with Gasteiger partial charge in [-0.05, 0) is 43.2 Å². The standard InChI is InChI=1S/C27H29BrN4O4/c28-21-10-11-23-22(16-21)27(34)32(26(30-23)19-6-2-1-3-7-19)29-17-20-8-4-5-9-24(20)36-18-25(33)31-12-14-35-15-13-31/h4-5,8-11,16-17,19H,1-3,6-7,12-15,18H2. The van der Waals surface area contributed by atoms with Crippen LogP contribution in [0, 0.1) is 0 Å². The molecular weight excluding hydrogens is 524 g/mol. The maximum absolute atomic E-state index is 13.5. The number of para-hydroxylation sites is 1. The first kappa shape index (κ1) is 24.6. The van der Waals surface area contributed by atoms with Crippen molar-refractivity contribution in [2.24, 2.45) is 5.10 Å². The summed E-state index contributed by atoms with van der Waals surface area (Å²) >= 11 is 3.46. The Morgan fingerprint density at radius 2 is 1.92 bits per heavy atom. The number of hydrogen-bond acceptors (Lipinski definition) is 6. The van der Waals surface area contributed by atoms with Crippen molar-refractivity contribution < 1.29 is 14.3 Å². The molecule has 0 spiro atoms. The van der Waals surface area contributed by atoms with Crippen molar-refractivity contribution in [1.29, 1.82) is 0 Å². The van der Waals surface area contributed by atoms with E-state index in [1.54, 1.807) is 23.2 Å². The molecule has 8 nitrogen and oxygen atoms in total. The monoisotopic (exact) mass is 552 g/mol. The molecule has 1 aliphatic carbocycles. The molecule has 1 aromatic heterocycles. The quantitative estimate of drug-likeness (QED) is 0.425. The Morgan fingerprint density at radius 3 is 2.72 bits per heavy atom. The van der Waals surface area contributed by atoms with E-state index in [2.05, 4.69) is 21.0 Å². The highest BCUT2D eigenvalue weighted by atomic mass is 79.9. The summed E-state index contributed by atoms with van der Waals surface area (Å²) in [6.07, 6.45) is 7.06. The van der Waals surface area contributed by atoms with Crippen LogP contribution in [0.5, 0.6) is 5.75 Å². The van der Waals surface area contributed by atoms with Crippen molar-refractivity contribution in [2.75, 3.05) is 32.9 Å². The number of aromatic nitrogens is 2. The third-order valence-electron chi connectivity index (χ3n) is 6.75. The van der Waals surface area contributed by atoms with Crippen molar-refractivity contribution in [2.45, 2.75) is 38.0 Å². The molecule has 9 heteroatoms. The first-order valence-electron chi connectivity index (χ1n) is 12.4. The third-order valence-corrected chi connectivity index (χ3v) is 7.24. The number of carbonyl (C=O) groups excluding carboxylic acids is 1. The van der Waals surface area contributed by atoms with E-state index in [4.69, 9.17) is 14.5 Å². The van der Waals surface area contributed by atoms with E-state index < -0.39 is 0 Å².